The number of ether oxygens (including phenoxy) is 2. The molecule has 2 aliphatic rings. The van der Waals surface area contributed by atoms with E-state index in [0.29, 0.717) is 18.8 Å². The van der Waals surface area contributed by atoms with Crippen molar-refractivity contribution in [1.82, 2.24) is 9.88 Å². The minimum absolute atomic E-state index is 0.0192. The SMILES string of the molecule is CCOC(=O)C1c2cnc(Cl)c[n+]2C(=O)N1CC1CO1. The minimum Gasteiger partial charge on any atom is -0.462 e. The van der Waals surface area contributed by atoms with Gasteiger partial charge in [-0.2, -0.15) is 9.36 Å². The van der Waals surface area contributed by atoms with Crippen molar-refractivity contribution >= 4 is 23.6 Å². The van der Waals surface area contributed by atoms with E-state index in [9.17, 15) is 9.59 Å². The lowest BCUT2D eigenvalue weighted by atomic mass is 10.2. The Morgan fingerprint density at radius 2 is 2.45 bits per heavy atom. The maximum atomic E-state index is 12.4. The van der Waals surface area contributed by atoms with E-state index in [0.717, 1.165) is 0 Å². The van der Waals surface area contributed by atoms with E-state index in [1.165, 1.54) is 21.9 Å². The summed E-state index contributed by atoms with van der Waals surface area (Å²) in [5.74, 6) is -0.475. The zero-order valence-corrected chi connectivity index (χ0v) is 11.5. The molecule has 0 spiro atoms. The van der Waals surface area contributed by atoms with Gasteiger partial charge >= 0.3 is 12.0 Å². The topological polar surface area (TPSA) is 75.9 Å². The van der Waals surface area contributed by atoms with Gasteiger partial charge in [-0.1, -0.05) is 11.6 Å². The molecule has 0 N–H and O–H groups in total. The van der Waals surface area contributed by atoms with Crippen molar-refractivity contribution in [1.29, 1.82) is 0 Å². The lowest BCUT2D eigenvalue weighted by Gasteiger charge is -2.13. The van der Waals surface area contributed by atoms with Crippen LogP contribution in [0.2, 0.25) is 5.15 Å². The first-order chi connectivity index (χ1) is 9.61. The largest absolute Gasteiger partial charge is 0.499 e. The van der Waals surface area contributed by atoms with Crippen LogP contribution in [-0.2, 0) is 14.3 Å². The Balaban J connectivity index is 1.97. The van der Waals surface area contributed by atoms with Crippen LogP contribution in [-0.4, -0.2) is 47.7 Å². The molecule has 2 atom stereocenters. The molecule has 1 fully saturated rings. The van der Waals surface area contributed by atoms with Crippen molar-refractivity contribution in [3.05, 3.63) is 23.2 Å². The second-order valence-corrected chi connectivity index (χ2v) is 4.94. The second kappa shape index (κ2) is 4.99. The molecule has 0 aliphatic carbocycles. The molecule has 20 heavy (non-hydrogen) atoms. The Bertz CT molecular complexity index is 576. The summed E-state index contributed by atoms with van der Waals surface area (Å²) in [7, 11) is 0. The Hall–Kier alpha value is -1.73. The monoisotopic (exact) mass is 298 g/mol. The number of carbonyl (C=O) groups excluding carboxylic acids is 2. The fourth-order valence-corrected chi connectivity index (χ4v) is 2.37. The number of epoxide rings is 1. The average molecular weight is 299 g/mol. The van der Waals surface area contributed by atoms with E-state index < -0.39 is 12.0 Å². The van der Waals surface area contributed by atoms with Crippen molar-refractivity contribution in [3.63, 3.8) is 0 Å². The molecule has 0 aromatic carbocycles. The molecule has 1 saturated heterocycles. The molecule has 8 heteroatoms. The van der Waals surface area contributed by atoms with Crippen LogP contribution in [0.4, 0.5) is 4.79 Å². The predicted octanol–water partition coefficient (Wildman–Crippen LogP) is 0.309. The molecule has 2 aliphatic heterocycles. The van der Waals surface area contributed by atoms with E-state index in [1.54, 1.807) is 6.92 Å². The Kier molecular flexibility index (Phi) is 3.31. The molecular weight excluding hydrogens is 286 g/mol. The van der Waals surface area contributed by atoms with Gasteiger partial charge in [0.2, 0.25) is 0 Å². The van der Waals surface area contributed by atoms with Gasteiger partial charge in [0, 0.05) is 0 Å². The van der Waals surface area contributed by atoms with E-state index in [1.807, 2.05) is 0 Å². The highest BCUT2D eigenvalue weighted by Gasteiger charge is 2.53. The van der Waals surface area contributed by atoms with E-state index >= 15 is 0 Å². The first-order valence-corrected chi connectivity index (χ1v) is 6.66. The summed E-state index contributed by atoms with van der Waals surface area (Å²) >= 11 is 5.80. The van der Waals surface area contributed by atoms with Gasteiger partial charge in [-0.25, -0.2) is 14.7 Å². The highest BCUT2D eigenvalue weighted by Crippen LogP contribution is 2.27. The number of hydrogen-bond donors (Lipinski definition) is 0. The third-order valence-corrected chi connectivity index (χ3v) is 3.39. The molecule has 3 rings (SSSR count). The number of carbonyl (C=O) groups is 2. The maximum absolute atomic E-state index is 12.4. The summed E-state index contributed by atoms with van der Waals surface area (Å²) in [5.41, 5.74) is 0.457. The molecule has 3 heterocycles. The number of fused-ring (bicyclic) bond motifs is 1. The van der Waals surface area contributed by atoms with Crippen molar-refractivity contribution in [2.45, 2.75) is 19.1 Å². The molecule has 106 valence electrons. The fourth-order valence-electron chi connectivity index (χ4n) is 2.23. The molecular formula is C12H13ClN3O4+. The average Bonchev–Trinajstić information content (AvgIpc) is 3.18. The van der Waals surface area contributed by atoms with E-state index in [4.69, 9.17) is 21.1 Å². The van der Waals surface area contributed by atoms with Crippen LogP contribution in [0, 0.1) is 0 Å². The maximum Gasteiger partial charge on any atom is 0.499 e. The number of rotatable bonds is 4. The quantitative estimate of drug-likeness (QED) is 0.454. The van der Waals surface area contributed by atoms with Crippen LogP contribution in [0.3, 0.4) is 0 Å². The lowest BCUT2D eigenvalue weighted by molar-refractivity contribution is -0.573. The molecule has 0 radical (unpaired) electrons. The summed E-state index contributed by atoms with van der Waals surface area (Å²) in [6.45, 7) is 2.91. The third-order valence-electron chi connectivity index (χ3n) is 3.19. The summed E-state index contributed by atoms with van der Waals surface area (Å²) in [6, 6.07) is -1.12. The highest BCUT2D eigenvalue weighted by molar-refractivity contribution is 6.29. The third kappa shape index (κ3) is 2.23. The zero-order chi connectivity index (χ0) is 14.3. The van der Waals surface area contributed by atoms with Crippen molar-refractivity contribution in [2.24, 2.45) is 0 Å². The van der Waals surface area contributed by atoms with Crippen LogP contribution in [0.15, 0.2) is 12.4 Å². The fraction of sp³-hybridized carbons (Fsp3) is 0.500. The molecule has 0 saturated carbocycles. The van der Waals surface area contributed by atoms with Crippen molar-refractivity contribution in [2.75, 3.05) is 19.8 Å². The van der Waals surface area contributed by atoms with Gasteiger partial charge in [-0.3, -0.25) is 0 Å². The van der Waals surface area contributed by atoms with Gasteiger partial charge in [-0.05, 0) is 6.92 Å². The normalized spacial score (nSPS) is 23.7. The summed E-state index contributed by atoms with van der Waals surface area (Å²) in [5, 5.41) is 0.189. The minimum atomic E-state index is -0.795. The van der Waals surface area contributed by atoms with Crippen LogP contribution >= 0.6 is 11.6 Å². The molecule has 1 aromatic rings. The van der Waals surface area contributed by atoms with Gasteiger partial charge in [0.1, 0.15) is 18.8 Å². The summed E-state index contributed by atoms with van der Waals surface area (Å²) < 4.78 is 11.5. The number of nitrogens with zero attached hydrogens (tertiary/aromatic N) is 3. The van der Waals surface area contributed by atoms with Gasteiger partial charge < -0.3 is 9.47 Å². The summed E-state index contributed by atoms with van der Waals surface area (Å²) in [6.07, 6.45) is 2.81. The lowest BCUT2D eigenvalue weighted by Crippen LogP contribution is -2.46. The number of amides is 1. The second-order valence-electron chi connectivity index (χ2n) is 4.55. The van der Waals surface area contributed by atoms with Crippen LogP contribution in [0.1, 0.15) is 18.7 Å². The van der Waals surface area contributed by atoms with Crippen LogP contribution in [0.25, 0.3) is 0 Å². The van der Waals surface area contributed by atoms with Gasteiger partial charge in [0.25, 0.3) is 6.04 Å². The van der Waals surface area contributed by atoms with Crippen molar-refractivity contribution in [3.8, 4) is 0 Å². The molecule has 0 bridgehead atoms. The standard InChI is InChI=1S/C12H13ClN3O4/c1-2-19-11(17)10-8-3-14-9(13)5-15(8)12(18)16(10)4-7-6-20-7/h3,5,7,10H,2,4,6H2,1H3/q+1. The summed E-state index contributed by atoms with van der Waals surface area (Å²) in [4.78, 5) is 29.9. The molecule has 7 nitrogen and oxygen atoms in total. The Labute approximate surface area is 120 Å². The first kappa shape index (κ1) is 13.3. The van der Waals surface area contributed by atoms with Crippen LogP contribution < -0.4 is 4.57 Å². The van der Waals surface area contributed by atoms with E-state index in [2.05, 4.69) is 4.98 Å². The number of halogens is 1. The predicted molar refractivity (Wildman–Crippen MR) is 66.1 cm³/mol. The smallest absolute Gasteiger partial charge is 0.462 e. The van der Waals surface area contributed by atoms with Crippen molar-refractivity contribution < 1.29 is 23.6 Å². The van der Waals surface area contributed by atoms with Crippen LogP contribution in [0.5, 0.6) is 0 Å². The zero-order valence-electron chi connectivity index (χ0n) is 10.8. The van der Waals surface area contributed by atoms with E-state index in [-0.39, 0.29) is 23.9 Å². The number of hydrogen-bond acceptors (Lipinski definition) is 5. The number of esters is 1. The Morgan fingerprint density at radius 1 is 1.70 bits per heavy atom. The molecule has 2 unspecified atom stereocenters. The molecule has 1 aromatic heterocycles. The number of aromatic nitrogens is 2. The van der Waals surface area contributed by atoms with Gasteiger partial charge in [0.05, 0.1) is 19.4 Å². The first-order valence-electron chi connectivity index (χ1n) is 6.28. The molecule has 1 amide bonds. The van der Waals surface area contributed by atoms with Gasteiger partial charge in [0.15, 0.2) is 10.8 Å². The Morgan fingerprint density at radius 3 is 3.10 bits per heavy atom. The van der Waals surface area contributed by atoms with Gasteiger partial charge in [-0.15, -0.1) is 0 Å². The highest BCUT2D eigenvalue weighted by atomic mass is 35.5.